The van der Waals surface area contributed by atoms with Gasteiger partial charge in [-0.1, -0.05) is 30.3 Å². The summed E-state index contributed by atoms with van der Waals surface area (Å²) in [6.45, 7) is 3.29. The molecule has 2 fully saturated rings. The van der Waals surface area contributed by atoms with Gasteiger partial charge >= 0.3 is 0 Å². The highest BCUT2D eigenvalue weighted by molar-refractivity contribution is 5.14. The second kappa shape index (κ2) is 7.06. The van der Waals surface area contributed by atoms with Gasteiger partial charge in [0.05, 0.1) is 12.7 Å². The maximum absolute atomic E-state index is 10.9. The Labute approximate surface area is 145 Å². The molecular weight excluding hydrogens is 328 g/mol. The van der Waals surface area contributed by atoms with Crippen molar-refractivity contribution in [3.05, 3.63) is 46.0 Å². The minimum Gasteiger partial charge on any atom is -0.368 e. The quantitative estimate of drug-likeness (QED) is 0.571. The maximum atomic E-state index is 10.9. The molecule has 8 heteroatoms. The molecule has 0 aliphatic carbocycles. The number of hydrogen-bond donors (Lipinski definition) is 0. The average molecular weight is 348 g/mol. The maximum Gasteiger partial charge on any atom is 0.222 e. The molecule has 25 heavy (non-hydrogen) atoms. The summed E-state index contributed by atoms with van der Waals surface area (Å²) in [6, 6.07) is 11.5. The lowest BCUT2D eigenvalue weighted by Crippen LogP contribution is -2.41. The van der Waals surface area contributed by atoms with Crippen LogP contribution in [0, 0.1) is 27.4 Å². The number of ether oxygens (including phenoxy) is 4. The van der Waals surface area contributed by atoms with Crippen molar-refractivity contribution in [2.45, 2.75) is 50.8 Å². The average Bonchev–Trinajstić information content (AvgIpc) is 3.03. The van der Waals surface area contributed by atoms with E-state index in [0.29, 0.717) is 0 Å². The van der Waals surface area contributed by atoms with Crippen molar-refractivity contribution in [3.8, 4) is 6.07 Å². The molecule has 0 N–H and O–H groups in total. The predicted molar refractivity (Wildman–Crippen MR) is 84.7 cm³/mol. The van der Waals surface area contributed by atoms with E-state index in [-0.39, 0.29) is 6.61 Å². The zero-order valence-corrected chi connectivity index (χ0v) is 14.0. The summed E-state index contributed by atoms with van der Waals surface area (Å²) >= 11 is 0. The van der Waals surface area contributed by atoms with Crippen molar-refractivity contribution >= 4 is 0 Å². The predicted octanol–water partition coefficient (Wildman–Crippen LogP) is 1.86. The molecule has 2 aliphatic rings. The lowest BCUT2D eigenvalue weighted by molar-refractivity contribution is -0.488. The number of hydrogen-bond acceptors (Lipinski definition) is 7. The smallest absolute Gasteiger partial charge is 0.222 e. The zero-order valence-electron chi connectivity index (χ0n) is 14.0. The van der Waals surface area contributed by atoms with Gasteiger partial charge in [0.25, 0.3) is 0 Å². The van der Waals surface area contributed by atoms with Crippen LogP contribution >= 0.6 is 0 Å². The molecule has 3 rings (SSSR count). The summed E-state index contributed by atoms with van der Waals surface area (Å²) < 4.78 is 23.3. The van der Waals surface area contributed by atoms with Gasteiger partial charge < -0.3 is 18.9 Å². The first kappa shape index (κ1) is 17.8. The summed E-state index contributed by atoms with van der Waals surface area (Å²) in [6.07, 6.45) is -2.66. The summed E-state index contributed by atoms with van der Waals surface area (Å²) in [5.74, 6) is -1.78. The molecule has 134 valence electrons. The molecule has 0 spiro atoms. The number of nitrogens with zero attached hydrogens (tertiary/aromatic N) is 2. The fourth-order valence-corrected chi connectivity index (χ4v) is 3.16. The molecule has 0 aromatic heterocycles. The van der Waals surface area contributed by atoms with Crippen molar-refractivity contribution in [1.82, 2.24) is 0 Å². The molecule has 0 bridgehead atoms. The number of fused-ring (bicyclic) bond motifs is 1. The first-order valence-corrected chi connectivity index (χ1v) is 8.07. The summed E-state index contributed by atoms with van der Waals surface area (Å²) in [7, 11) is 0. The molecule has 2 aliphatic heterocycles. The van der Waals surface area contributed by atoms with E-state index in [1.165, 1.54) is 0 Å². The highest BCUT2D eigenvalue weighted by Gasteiger charge is 2.57. The van der Waals surface area contributed by atoms with E-state index in [2.05, 4.69) is 0 Å². The highest BCUT2D eigenvalue weighted by Crippen LogP contribution is 2.41. The van der Waals surface area contributed by atoms with Crippen LogP contribution in [0.2, 0.25) is 0 Å². The van der Waals surface area contributed by atoms with E-state index in [1.807, 2.05) is 36.4 Å². The van der Waals surface area contributed by atoms with Crippen molar-refractivity contribution in [2.24, 2.45) is 5.92 Å². The van der Waals surface area contributed by atoms with Gasteiger partial charge in [0.1, 0.15) is 24.2 Å². The van der Waals surface area contributed by atoms with Crippen LogP contribution in [0.5, 0.6) is 0 Å². The summed E-state index contributed by atoms with van der Waals surface area (Å²) in [5, 5.41) is 20.2. The second-order valence-electron chi connectivity index (χ2n) is 6.58. The molecule has 5 atom stereocenters. The van der Waals surface area contributed by atoms with Gasteiger partial charge in [0.2, 0.25) is 6.54 Å². The van der Waals surface area contributed by atoms with Crippen LogP contribution in [-0.2, 0) is 25.6 Å². The monoisotopic (exact) mass is 348 g/mol. The highest BCUT2D eigenvalue weighted by atomic mass is 16.8. The van der Waals surface area contributed by atoms with E-state index in [9.17, 15) is 15.4 Å². The van der Waals surface area contributed by atoms with Crippen molar-refractivity contribution in [3.63, 3.8) is 0 Å². The Kier molecular flexibility index (Phi) is 5.01. The largest absolute Gasteiger partial charge is 0.368 e. The molecular formula is C17H20N2O6. The molecule has 0 radical (unpaired) electrons. The molecule has 1 aromatic carbocycles. The minimum atomic E-state index is -0.948. The first-order chi connectivity index (χ1) is 11.9. The number of nitriles is 1. The van der Waals surface area contributed by atoms with Gasteiger partial charge in [-0.15, -0.1) is 0 Å². The topological polar surface area (TPSA) is 104 Å². The van der Waals surface area contributed by atoms with Crippen LogP contribution in [0.25, 0.3) is 0 Å². The fraction of sp³-hybridized carbons (Fsp3) is 0.588. The van der Waals surface area contributed by atoms with Gasteiger partial charge in [-0.2, -0.15) is 5.26 Å². The molecule has 0 saturated carbocycles. The van der Waals surface area contributed by atoms with Gasteiger partial charge in [-0.3, -0.25) is 10.1 Å². The third-order valence-corrected chi connectivity index (χ3v) is 4.22. The van der Waals surface area contributed by atoms with Gasteiger partial charge in [0.15, 0.2) is 12.1 Å². The van der Waals surface area contributed by atoms with Crippen LogP contribution in [0.15, 0.2) is 30.3 Å². The normalized spacial score (nSPS) is 31.2. The molecule has 0 unspecified atom stereocenters. The number of rotatable bonds is 6. The number of nitro groups is 1. The van der Waals surface area contributed by atoms with Gasteiger partial charge in [-0.25, -0.2) is 0 Å². The third kappa shape index (κ3) is 3.96. The van der Waals surface area contributed by atoms with Crippen molar-refractivity contribution < 1.29 is 23.9 Å². The van der Waals surface area contributed by atoms with Crippen LogP contribution < -0.4 is 0 Å². The Hall–Kier alpha value is -2.05. The van der Waals surface area contributed by atoms with E-state index >= 15 is 0 Å². The lowest BCUT2D eigenvalue weighted by Gasteiger charge is -2.27. The van der Waals surface area contributed by atoms with E-state index in [4.69, 9.17) is 18.9 Å². The standard InChI is InChI=1S/C17H20N2O6/c1-17(2)24-15-14(22-10-11-6-4-3-5-7-11)13(23-16(15)25-17)12(8-18)9-19(20)21/h3-7,12-16H,9-10H2,1-2H3/t12-,13-,14+,15-,16-/m1/s1. The van der Waals surface area contributed by atoms with Crippen LogP contribution in [0.1, 0.15) is 19.4 Å². The van der Waals surface area contributed by atoms with E-state index in [0.717, 1.165) is 5.56 Å². The second-order valence-corrected chi connectivity index (χ2v) is 6.58. The SMILES string of the molecule is CC1(C)O[C@H]2O[C@H]([C@H](C#N)C[N+](=O)[O-])[C@H](OCc3ccccc3)[C@H]2O1. The van der Waals surface area contributed by atoms with Crippen molar-refractivity contribution in [2.75, 3.05) is 6.54 Å². The third-order valence-electron chi connectivity index (χ3n) is 4.22. The Balaban J connectivity index is 1.77. The number of benzene rings is 1. The molecule has 0 amide bonds. The van der Waals surface area contributed by atoms with Crippen LogP contribution in [0.3, 0.4) is 0 Å². The minimum absolute atomic E-state index is 0.287. The molecule has 8 nitrogen and oxygen atoms in total. The Bertz CT molecular complexity index is 659. The first-order valence-electron chi connectivity index (χ1n) is 8.07. The Morgan fingerprint density at radius 3 is 2.72 bits per heavy atom. The van der Waals surface area contributed by atoms with Gasteiger partial charge in [-0.05, 0) is 19.4 Å². The van der Waals surface area contributed by atoms with E-state index < -0.39 is 47.8 Å². The Morgan fingerprint density at radius 1 is 1.36 bits per heavy atom. The summed E-state index contributed by atoms with van der Waals surface area (Å²) in [4.78, 5) is 10.3. The summed E-state index contributed by atoms with van der Waals surface area (Å²) in [5.41, 5.74) is 0.950. The molecule has 1 aromatic rings. The van der Waals surface area contributed by atoms with Crippen LogP contribution in [0.4, 0.5) is 0 Å². The van der Waals surface area contributed by atoms with Crippen LogP contribution in [-0.4, -0.2) is 41.9 Å². The molecule has 2 heterocycles. The van der Waals surface area contributed by atoms with Crippen molar-refractivity contribution in [1.29, 1.82) is 5.26 Å². The van der Waals surface area contributed by atoms with Gasteiger partial charge in [0, 0.05) is 4.92 Å². The van der Waals surface area contributed by atoms with E-state index in [1.54, 1.807) is 13.8 Å². The Morgan fingerprint density at radius 2 is 2.08 bits per heavy atom. The lowest BCUT2D eigenvalue weighted by atomic mass is 9.98. The zero-order chi connectivity index (χ0) is 18.0. The molecule has 2 saturated heterocycles. The fourth-order valence-electron chi connectivity index (χ4n) is 3.16.